The monoisotopic (exact) mass is 435 g/mol. The molecule has 168 valence electrons. The van der Waals surface area contributed by atoms with Crippen LogP contribution in [0.4, 0.5) is 0 Å². The van der Waals surface area contributed by atoms with Gasteiger partial charge in [0.2, 0.25) is 11.8 Å². The second-order valence-corrected chi connectivity index (χ2v) is 8.06. The van der Waals surface area contributed by atoms with Crippen molar-refractivity contribution >= 4 is 17.5 Å². The average molecular weight is 436 g/mol. The number of nitrogens with one attached hydrogen (secondary N) is 1. The van der Waals surface area contributed by atoms with Gasteiger partial charge in [0, 0.05) is 32.1 Å². The van der Waals surface area contributed by atoms with E-state index in [4.69, 9.17) is 4.74 Å². The molecular formula is C24H29N5O3. The van der Waals surface area contributed by atoms with E-state index in [0.717, 1.165) is 35.6 Å². The second kappa shape index (κ2) is 9.80. The van der Waals surface area contributed by atoms with E-state index in [1.807, 2.05) is 58.0 Å². The Kier molecular flexibility index (Phi) is 6.68. The Morgan fingerprint density at radius 3 is 2.75 bits per heavy atom. The first-order valence-corrected chi connectivity index (χ1v) is 11.1. The van der Waals surface area contributed by atoms with Crippen molar-refractivity contribution in [1.82, 2.24) is 24.8 Å². The molecule has 1 aliphatic rings. The van der Waals surface area contributed by atoms with Gasteiger partial charge in [0.25, 0.3) is 0 Å². The van der Waals surface area contributed by atoms with Crippen molar-refractivity contribution in [3.8, 4) is 5.75 Å². The number of pyridine rings is 1. The van der Waals surface area contributed by atoms with Gasteiger partial charge >= 0.3 is 0 Å². The van der Waals surface area contributed by atoms with Gasteiger partial charge in [-0.25, -0.2) is 0 Å². The van der Waals surface area contributed by atoms with E-state index in [1.165, 1.54) is 0 Å². The summed E-state index contributed by atoms with van der Waals surface area (Å²) in [6, 6.07) is 13.1. The fourth-order valence-electron chi connectivity index (χ4n) is 4.32. The van der Waals surface area contributed by atoms with Gasteiger partial charge in [-0.2, -0.15) is 0 Å². The minimum atomic E-state index is -0.428. The van der Waals surface area contributed by atoms with E-state index in [-0.39, 0.29) is 24.3 Å². The maximum atomic E-state index is 13.2. The first-order valence-electron chi connectivity index (χ1n) is 11.1. The first-order chi connectivity index (χ1) is 15.6. The fraction of sp³-hybridized carbons (Fsp3) is 0.417. The number of aromatic nitrogens is 3. The van der Waals surface area contributed by atoms with Crippen molar-refractivity contribution in [2.75, 3.05) is 20.2 Å². The lowest BCUT2D eigenvalue weighted by Gasteiger charge is -2.28. The van der Waals surface area contributed by atoms with Gasteiger partial charge in [0.05, 0.1) is 19.1 Å². The summed E-state index contributed by atoms with van der Waals surface area (Å²) in [6.07, 6.45) is 4.59. The number of carbonyl (C=O) groups is 2. The molecule has 0 saturated carbocycles. The Bertz CT molecular complexity index is 1080. The molecular weight excluding hydrogens is 406 g/mol. The molecule has 0 bridgehead atoms. The molecule has 0 aliphatic carbocycles. The standard InChI is InChI=1S/C24H29N5O3/c1-3-4-14-29-22(30)16-19(23(29)17-8-10-18(32-2)11-9-17)24(31)25-13-12-21-27-26-20-7-5-6-15-28(20)21/h5-11,15,19,23H,3-4,12-14,16H2,1-2H3,(H,25,31). The van der Waals surface area contributed by atoms with Crippen LogP contribution in [0.3, 0.4) is 0 Å². The Morgan fingerprint density at radius 2 is 2.00 bits per heavy atom. The molecule has 8 nitrogen and oxygen atoms in total. The molecule has 1 aliphatic heterocycles. The maximum absolute atomic E-state index is 13.2. The first kappa shape index (κ1) is 21.8. The molecule has 32 heavy (non-hydrogen) atoms. The van der Waals surface area contributed by atoms with Crippen molar-refractivity contribution in [3.63, 3.8) is 0 Å². The SMILES string of the molecule is CCCCN1C(=O)CC(C(=O)NCCc2nnc3ccccn23)C1c1ccc(OC)cc1. The maximum Gasteiger partial charge on any atom is 0.226 e. The van der Waals surface area contributed by atoms with E-state index in [0.29, 0.717) is 19.5 Å². The number of benzene rings is 1. The van der Waals surface area contributed by atoms with E-state index in [2.05, 4.69) is 22.4 Å². The van der Waals surface area contributed by atoms with Crippen molar-refractivity contribution < 1.29 is 14.3 Å². The average Bonchev–Trinajstić information content (AvgIpc) is 3.38. The van der Waals surface area contributed by atoms with Crippen LogP contribution in [0, 0.1) is 5.92 Å². The summed E-state index contributed by atoms with van der Waals surface area (Å²) >= 11 is 0. The molecule has 1 aromatic carbocycles. The Balaban J connectivity index is 1.47. The summed E-state index contributed by atoms with van der Waals surface area (Å²) in [6.45, 7) is 3.19. The lowest BCUT2D eigenvalue weighted by atomic mass is 9.92. The topological polar surface area (TPSA) is 88.8 Å². The van der Waals surface area contributed by atoms with Crippen LogP contribution in [0.15, 0.2) is 48.7 Å². The molecule has 0 spiro atoms. The van der Waals surface area contributed by atoms with Crippen LogP contribution in [0.5, 0.6) is 5.75 Å². The largest absolute Gasteiger partial charge is 0.497 e. The molecule has 2 aromatic heterocycles. The van der Waals surface area contributed by atoms with Gasteiger partial charge in [-0.05, 0) is 36.2 Å². The third-order valence-electron chi connectivity index (χ3n) is 6.01. The van der Waals surface area contributed by atoms with Crippen LogP contribution < -0.4 is 10.1 Å². The molecule has 2 amide bonds. The molecule has 2 unspecified atom stereocenters. The fourth-order valence-corrected chi connectivity index (χ4v) is 4.32. The summed E-state index contributed by atoms with van der Waals surface area (Å²) in [5.74, 6) is 1.04. The number of unbranched alkanes of at least 4 members (excludes halogenated alkanes) is 1. The van der Waals surface area contributed by atoms with Crippen LogP contribution in [-0.4, -0.2) is 51.5 Å². The molecule has 3 heterocycles. The molecule has 1 N–H and O–H groups in total. The third kappa shape index (κ3) is 4.44. The second-order valence-electron chi connectivity index (χ2n) is 8.06. The number of fused-ring (bicyclic) bond motifs is 1. The number of carbonyl (C=O) groups excluding carboxylic acids is 2. The summed E-state index contributed by atoms with van der Waals surface area (Å²) < 4.78 is 7.18. The van der Waals surface area contributed by atoms with Crippen LogP contribution in [-0.2, 0) is 16.0 Å². The van der Waals surface area contributed by atoms with Crippen LogP contribution >= 0.6 is 0 Å². The molecule has 2 atom stereocenters. The minimum absolute atomic E-state index is 0.0304. The predicted molar refractivity (Wildman–Crippen MR) is 120 cm³/mol. The van der Waals surface area contributed by atoms with E-state index in [9.17, 15) is 9.59 Å². The highest BCUT2D eigenvalue weighted by atomic mass is 16.5. The molecule has 4 rings (SSSR count). The lowest BCUT2D eigenvalue weighted by Crippen LogP contribution is -2.37. The number of amides is 2. The van der Waals surface area contributed by atoms with E-state index in [1.54, 1.807) is 7.11 Å². The van der Waals surface area contributed by atoms with Crippen molar-refractivity contribution in [2.24, 2.45) is 5.92 Å². The smallest absolute Gasteiger partial charge is 0.226 e. The van der Waals surface area contributed by atoms with Gasteiger partial charge in [0.1, 0.15) is 11.6 Å². The van der Waals surface area contributed by atoms with Gasteiger partial charge in [0.15, 0.2) is 5.65 Å². The summed E-state index contributed by atoms with van der Waals surface area (Å²) in [5, 5.41) is 11.4. The Hall–Kier alpha value is -3.42. The zero-order chi connectivity index (χ0) is 22.5. The lowest BCUT2D eigenvalue weighted by molar-refractivity contribution is -0.129. The highest BCUT2D eigenvalue weighted by Gasteiger charge is 2.44. The molecule has 1 saturated heterocycles. The number of likely N-dealkylation sites (tertiary alicyclic amines) is 1. The van der Waals surface area contributed by atoms with Gasteiger partial charge in [-0.1, -0.05) is 31.5 Å². The number of hydrogen-bond acceptors (Lipinski definition) is 5. The molecule has 8 heteroatoms. The van der Waals surface area contributed by atoms with E-state index < -0.39 is 5.92 Å². The number of hydrogen-bond donors (Lipinski definition) is 1. The van der Waals surface area contributed by atoms with Crippen LogP contribution in [0.2, 0.25) is 0 Å². The Morgan fingerprint density at radius 1 is 1.19 bits per heavy atom. The number of rotatable bonds is 9. The van der Waals surface area contributed by atoms with Gasteiger partial charge < -0.3 is 15.0 Å². The predicted octanol–water partition coefficient (Wildman–Crippen LogP) is 2.79. The molecule has 1 fully saturated rings. The number of nitrogens with zero attached hydrogens (tertiary/aromatic N) is 4. The third-order valence-corrected chi connectivity index (χ3v) is 6.01. The number of ether oxygens (including phenoxy) is 1. The van der Waals surface area contributed by atoms with E-state index >= 15 is 0 Å². The normalized spacial score (nSPS) is 18.3. The summed E-state index contributed by atoms with van der Waals surface area (Å²) in [7, 11) is 1.62. The Labute approximate surface area is 187 Å². The highest BCUT2D eigenvalue weighted by molar-refractivity contribution is 5.90. The quantitative estimate of drug-likeness (QED) is 0.558. The van der Waals surface area contributed by atoms with Crippen molar-refractivity contribution in [3.05, 3.63) is 60.0 Å². The van der Waals surface area contributed by atoms with Gasteiger partial charge in [-0.3, -0.25) is 14.0 Å². The van der Waals surface area contributed by atoms with Gasteiger partial charge in [-0.15, -0.1) is 10.2 Å². The minimum Gasteiger partial charge on any atom is -0.497 e. The zero-order valence-electron chi connectivity index (χ0n) is 18.5. The highest BCUT2D eigenvalue weighted by Crippen LogP contribution is 2.39. The summed E-state index contributed by atoms with van der Waals surface area (Å²) in [5.41, 5.74) is 1.73. The van der Waals surface area contributed by atoms with Crippen molar-refractivity contribution in [1.29, 1.82) is 0 Å². The van der Waals surface area contributed by atoms with Crippen LogP contribution in [0.1, 0.15) is 43.6 Å². The molecule has 3 aromatic rings. The molecule has 0 radical (unpaired) electrons. The zero-order valence-corrected chi connectivity index (χ0v) is 18.5. The summed E-state index contributed by atoms with van der Waals surface area (Å²) in [4.78, 5) is 27.8. The van der Waals surface area contributed by atoms with Crippen LogP contribution in [0.25, 0.3) is 5.65 Å². The number of methoxy groups -OCH3 is 1. The van der Waals surface area contributed by atoms with Crippen molar-refractivity contribution in [2.45, 2.75) is 38.6 Å².